The molecule has 2 rings (SSSR count). The number of pyridine rings is 1. The summed E-state index contributed by atoms with van der Waals surface area (Å²) in [7, 11) is 2.15. The molecule has 0 spiro atoms. The number of hydrogen-bond acceptors (Lipinski definition) is 2. The van der Waals surface area contributed by atoms with E-state index in [4.69, 9.17) is 6.42 Å². The molecule has 14 heavy (non-hydrogen) atoms. The molecule has 0 amide bonds. The van der Waals surface area contributed by atoms with Crippen LogP contribution in [0, 0.1) is 12.3 Å². The third-order valence-corrected chi connectivity index (χ3v) is 2.79. The number of likely N-dealkylation sites (tertiary alicyclic amines) is 1. The van der Waals surface area contributed by atoms with Crippen LogP contribution in [0.2, 0.25) is 0 Å². The van der Waals surface area contributed by atoms with Gasteiger partial charge in [-0.25, -0.2) is 0 Å². The highest BCUT2D eigenvalue weighted by Gasteiger charge is 2.21. The van der Waals surface area contributed by atoms with Gasteiger partial charge in [-0.2, -0.15) is 0 Å². The Morgan fingerprint density at radius 2 is 2.43 bits per heavy atom. The smallest absolute Gasteiger partial charge is 0.0428 e. The summed E-state index contributed by atoms with van der Waals surface area (Å²) >= 11 is 0. The standard InChI is InChI=1S/C12H14N2/c1-3-10-6-12(8-13-7-10)11-4-5-14(2)9-11/h1,6-8,11H,4-5,9H2,2H3. The van der Waals surface area contributed by atoms with E-state index in [1.54, 1.807) is 6.20 Å². The van der Waals surface area contributed by atoms with Crippen LogP contribution in [0.25, 0.3) is 0 Å². The molecule has 2 heterocycles. The largest absolute Gasteiger partial charge is 0.306 e. The first kappa shape index (κ1) is 9.23. The van der Waals surface area contributed by atoms with Crippen molar-refractivity contribution in [3.63, 3.8) is 0 Å². The van der Waals surface area contributed by atoms with Crippen molar-refractivity contribution >= 4 is 0 Å². The third kappa shape index (κ3) is 1.78. The van der Waals surface area contributed by atoms with Crippen LogP contribution < -0.4 is 0 Å². The summed E-state index contributed by atoms with van der Waals surface area (Å²) < 4.78 is 0. The lowest BCUT2D eigenvalue weighted by Crippen LogP contribution is -2.13. The van der Waals surface area contributed by atoms with Crippen molar-refractivity contribution in [2.75, 3.05) is 20.1 Å². The van der Waals surface area contributed by atoms with E-state index in [1.807, 2.05) is 6.20 Å². The van der Waals surface area contributed by atoms with Crippen molar-refractivity contribution in [1.29, 1.82) is 0 Å². The molecule has 1 aromatic heterocycles. The zero-order valence-electron chi connectivity index (χ0n) is 8.40. The molecular weight excluding hydrogens is 172 g/mol. The van der Waals surface area contributed by atoms with Gasteiger partial charge in [0.2, 0.25) is 0 Å². The third-order valence-electron chi connectivity index (χ3n) is 2.79. The fraction of sp³-hybridized carbons (Fsp3) is 0.417. The summed E-state index contributed by atoms with van der Waals surface area (Å²) in [5.41, 5.74) is 2.17. The lowest BCUT2D eigenvalue weighted by atomic mass is 9.99. The lowest BCUT2D eigenvalue weighted by Gasteiger charge is -2.10. The Labute approximate surface area is 85.0 Å². The Kier molecular flexibility index (Phi) is 2.51. The number of likely N-dealkylation sites (N-methyl/N-ethyl adjacent to an activating group) is 1. The second-order valence-electron chi connectivity index (χ2n) is 3.90. The van der Waals surface area contributed by atoms with Gasteiger partial charge in [0.1, 0.15) is 0 Å². The van der Waals surface area contributed by atoms with Crippen molar-refractivity contribution in [2.24, 2.45) is 0 Å². The van der Waals surface area contributed by atoms with E-state index in [9.17, 15) is 0 Å². The number of aromatic nitrogens is 1. The molecule has 0 N–H and O–H groups in total. The fourth-order valence-corrected chi connectivity index (χ4v) is 1.97. The molecule has 0 radical (unpaired) electrons. The van der Waals surface area contributed by atoms with E-state index in [2.05, 4.69) is 28.9 Å². The molecular formula is C12H14N2. The highest BCUT2D eigenvalue weighted by Crippen LogP contribution is 2.25. The summed E-state index contributed by atoms with van der Waals surface area (Å²) in [5, 5.41) is 0. The molecule has 1 aliphatic rings. The van der Waals surface area contributed by atoms with Crippen LogP contribution in [0.5, 0.6) is 0 Å². The van der Waals surface area contributed by atoms with Crippen molar-refractivity contribution in [3.05, 3.63) is 29.6 Å². The molecule has 0 saturated carbocycles. The van der Waals surface area contributed by atoms with Gasteiger partial charge < -0.3 is 4.90 Å². The van der Waals surface area contributed by atoms with Crippen LogP contribution in [-0.4, -0.2) is 30.0 Å². The molecule has 1 aromatic rings. The van der Waals surface area contributed by atoms with E-state index < -0.39 is 0 Å². The molecule has 0 bridgehead atoms. The van der Waals surface area contributed by atoms with E-state index in [0.717, 1.165) is 12.1 Å². The fourth-order valence-electron chi connectivity index (χ4n) is 1.97. The molecule has 0 aliphatic carbocycles. The Balaban J connectivity index is 2.20. The minimum atomic E-state index is 0.612. The average Bonchev–Trinajstić information content (AvgIpc) is 2.65. The summed E-state index contributed by atoms with van der Waals surface area (Å²) in [6.07, 6.45) is 10.2. The van der Waals surface area contributed by atoms with Gasteiger partial charge in [-0.1, -0.05) is 5.92 Å². The van der Waals surface area contributed by atoms with Crippen LogP contribution >= 0.6 is 0 Å². The first-order chi connectivity index (χ1) is 6.79. The lowest BCUT2D eigenvalue weighted by molar-refractivity contribution is 0.411. The molecule has 1 saturated heterocycles. The molecule has 1 aliphatic heterocycles. The highest BCUT2D eigenvalue weighted by atomic mass is 15.1. The zero-order chi connectivity index (χ0) is 9.97. The summed E-state index contributed by atoms with van der Waals surface area (Å²) in [5.74, 6) is 3.24. The van der Waals surface area contributed by atoms with Crippen LogP contribution in [0.4, 0.5) is 0 Å². The maximum atomic E-state index is 5.34. The molecule has 72 valence electrons. The number of hydrogen-bond donors (Lipinski definition) is 0. The van der Waals surface area contributed by atoms with Crippen molar-refractivity contribution in [2.45, 2.75) is 12.3 Å². The van der Waals surface area contributed by atoms with Gasteiger partial charge in [0, 0.05) is 24.5 Å². The van der Waals surface area contributed by atoms with Gasteiger partial charge in [-0.05, 0) is 37.6 Å². The average molecular weight is 186 g/mol. The number of nitrogens with zero attached hydrogens (tertiary/aromatic N) is 2. The Bertz CT molecular complexity index is 365. The minimum absolute atomic E-state index is 0.612. The van der Waals surface area contributed by atoms with E-state index in [-0.39, 0.29) is 0 Å². The van der Waals surface area contributed by atoms with Gasteiger partial charge in [0.15, 0.2) is 0 Å². The molecule has 1 fully saturated rings. The maximum absolute atomic E-state index is 5.34. The van der Waals surface area contributed by atoms with Gasteiger partial charge in [-0.3, -0.25) is 4.98 Å². The first-order valence-electron chi connectivity index (χ1n) is 4.89. The van der Waals surface area contributed by atoms with Gasteiger partial charge in [0.05, 0.1) is 0 Å². The highest BCUT2D eigenvalue weighted by molar-refractivity contribution is 5.33. The molecule has 0 aromatic carbocycles. The van der Waals surface area contributed by atoms with Crippen LogP contribution in [-0.2, 0) is 0 Å². The van der Waals surface area contributed by atoms with E-state index >= 15 is 0 Å². The van der Waals surface area contributed by atoms with Gasteiger partial charge in [0.25, 0.3) is 0 Å². The summed E-state index contributed by atoms with van der Waals surface area (Å²) in [4.78, 5) is 6.50. The van der Waals surface area contributed by atoms with Gasteiger partial charge in [-0.15, -0.1) is 6.42 Å². The number of terminal acetylenes is 1. The topological polar surface area (TPSA) is 16.1 Å². The molecule has 2 heteroatoms. The SMILES string of the molecule is C#Cc1cncc(C2CCN(C)C2)c1. The van der Waals surface area contributed by atoms with E-state index in [1.165, 1.54) is 18.5 Å². The van der Waals surface area contributed by atoms with Gasteiger partial charge >= 0.3 is 0 Å². The zero-order valence-corrected chi connectivity index (χ0v) is 8.40. The predicted octanol–water partition coefficient (Wildman–Crippen LogP) is 1.48. The quantitative estimate of drug-likeness (QED) is 0.618. The molecule has 1 unspecified atom stereocenters. The Morgan fingerprint density at radius 3 is 3.07 bits per heavy atom. The van der Waals surface area contributed by atoms with E-state index in [0.29, 0.717) is 5.92 Å². The van der Waals surface area contributed by atoms with Crippen molar-refractivity contribution in [3.8, 4) is 12.3 Å². The van der Waals surface area contributed by atoms with Crippen LogP contribution in [0.1, 0.15) is 23.5 Å². The Hall–Kier alpha value is -1.33. The van der Waals surface area contributed by atoms with Crippen molar-refractivity contribution < 1.29 is 0 Å². The molecule has 2 nitrogen and oxygen atoms in total. The van der Waals surface area contributed by atoms with Crippen molar-refractivity contribution in [1.82, 2.24) is 9.88 Å². The van der Waals surface area contributed by atoms with Crippen LogP contribution in [0.3, 0.4) is 0 Å². The monoisotopic (exact) mass is 186 g/mol. The minimum Gasteiger partial charge on any atom is -0.306 e. The van der Waals surface area contributed by atoms with Crippen LogP contribution in [0.15, 0.2) is 18.5 Å². The number of rotatable bonds is 1. The predicted molar refractivity (Wildman–Crippen MR) is 57.0 cm³/mol. The second kappa shape index (κ2) is 3.81. The second-order valence-corrected chi connectivity index (χ2v) is 3.90. The summed E-state index contributed by atoms with van der Waals surface area (Å²) in [6.45, 7) is 2.29. The summed E-state index contributed by atoms with van der Waals surface area (Å²) in [6, 6.07) is 2.08. The molecule has 1 atom stereocenters. The Morgan fingerprint density at radius 1 is 1.57 bits per heavy atom. The maximum Gasteiger partial charge on any atom is 0.0428 e. The normalized spacial score (nSPS) is 22.1. The first-order valence-corrected chi connectivity index (χ1v) is 4.89.